The summed E-state index contributed by atoms with van der Waals surface area (Å²) in [5, 5.41) is 2.92. The third-order valence-corrected chi connectivity index (χ3v) is 5.42. The first-order chi connectivity index (χ1) is 13.8. The number of nitrogens with one attached hydrogen (secondary N) is 2. The molecule has 0 radical (unpaired) electrons. The Balaban J connectivity index is 2.06. The molecule has 2 aromatic carbocycles. The van der Waals surface area contributed by atoms with Gasteiger partial charge in [0, 0.05) is 17.6 Å². The number of alkyl halides is 3. The Morgan fingerprint density at radius 3 is 2.07 bits per heavy atom. The van der Waals surface area contributed by atoms with Crippen molar-refractivity contribution in [2.24, 2.45) is 0 Å². The van der Waals surface area contributed by atoms with Gasteiger partial charge in [0.2, 0.25) is 5.91 Å². The molecule has 0 aliphatic carbocycles. The predicted octanol–water partition coefficient (Wildman–Crippen LogP) is 4.23. The summed E-state index contributed by atoms with van der Waals surface area (Å²) in [5.41, 5.74) is 0.728. The molecule has 0 fully saturated rings. The largest absolute Gasteiger partial charge is 0.573 e. The summed E-state index contributed by atoms with van der Waals surface area (Å²) in [6, 6.07) is 10.5. The normalized spacial score (nSPS) is 12.3. The number of benzene rings is 2. The SMILES string of the molecule is CCC(=O)NC(C)(C)Cc1ccc(NS(=O)(=O)c2ccc(OC(F)(F)F)cc2)cc1. The number of ether oxygens (including phenoxy) is 1. The van der Waals surface area contributed by atoms with E-state index in [4.69, 9.17) is 0 Å². The van der Waals surface area contributed by atoms with E-state index < -0.39 is 27.7 Å². The van der Waals surface area contributed by atoms with Gasteiger partial charge in [-0.25, -0.2) is 8.42 Å². The molecule has 30 heavy (non-hydrogen) atoms. The van der Waals surface area contributed by atoms with Crippen LogP contribution >= 0.6 is 0 Å². The highest BCUT2D eigenvalue weighted by atomic mass is 32.2. The number of carbonyl (C=O) groups is 1. The minimum atomic E-state index is -4.85. The Morgan fingerprint density at radius 2 is 1.57 bits per heavy atom. The maximum absolute atomic E-state index is 12.4. The van der Waals surface area contributed by atoms with Gasteiger partial charge in [-0.15, -0.1) is 13.2 Å². The van der Waals surface area contributed by atoms with Gasteiger partial charge < -0.3 is 10.1 Å². The van der Waals surface area contributed by atoms with E-state index in [-0.39, 0.29) is 10.8 Å². The van der Waals surface area contributed by atoms with Gasteiger partial charge in [-0.2, -0.15) is 0 Å². The molecule has 10 heteroatoms. The third-order valence-electron chi connectivity index (χ3n) is 4.02. The number of anilines is 1. The minimum Gasteiger partial charge on any atom is -0.406 e. The van der Waals surface area contributed by atoms with Crippen molar-refractivity contribution in [2.75, 3.05) is 4.72 Å². The first-order valence-corrected chi connectivity index (χ1v) is 10.6. The summed E-state index contributed by atoms with van der Waals surface area (Å²) in [6.07, 6.45) is -3.92. The van der Waals surface area contributed by atoms with E-state index in [1.54, 1.807) is 31.2 Å². The van der Waals surface area contributed by atoms with E-state index in [1.807, 2.05) is 13.8 Å². The third kappa shape index (κ3) is 7.25. The molecule has 164 valence electrons. The van der Waals surface area contributed by atoms with Crippen molar-refractivity contribution >= 4 is 21.6 Å². The molecule has 0 aliphatic heterocycles. The van der Waals surface area contributed by atoms with Gasteiger partial charge in [0.05, 0.1) is 4.90 Å². The quantitative estimate of drug-likeness (QED) is 0.638. The Hall–Kier alpha value is -2.75. The van der Waals surface area contributed by atoms with Crippen LogP contribution in [0.15, 0.2) is 53.4 Å². The number of sulfonamides is 1. The summed E-state index contributed by atoms with van der Waals surface area (Å²) in [4.78, 5) is 11.4. The van der Waals surface area contributed by atoms with Crippen molar-refractivity contribution in [1.29, 1.82) is 0 Å². The second-order valence-electron chi connectivity index (χ2n) is 7.28. The second kappa shape index (κ2) is 8.95. The number of halogens is 3. The molecule has 0 heterocycles. The van der Waals surface area contributed by atoms with Crippen LogP contribution in [0.4, 0.5) is 18.9 Å². The van der Waals surface area contributed by atoms with E-state index in [0.29, 0.717) is 18.5 Å². The van der Waals surface area contributed by atoms with Gasteiger partial charge >= 0.3 is 6.36 Å². The summed E-state index contributed by atoms with van der Waals surface area (Å²) in [5.74, 6) is -0.570. The molecular weight excluding hydrogens is 421 g/mol. The zero-order valence-corrected chi connectivity index (χ0v) is 17.5. The lowest BCUT2D eigenvalue weighted by Crippen LogP contribution is -2.44. The van der Waals surface area contributed by atoms with Gasteiger partial charge in [-0.1, -0.05) is 19.1 Å². The first kappa shape index (κ1) is 23.5. The molecule has 0 aromatic heterocycles. The number of hydrogen-bond acceptors (Lipinski definition) is 4. The zero-order valence-electron chi connectivity index (χ0n) is 16.7. The van der Waals surface area contributed by atoms with Crippen LogP contribution in [0.1, 0.15) is 32.8 Å². The number of carbonyl (C=O) groups excluding carboxylic acids is 1. The fraction of sp³-hybridized carbons (Fsp3) is 0.350. The highest BCUT2D eigenvalue weighted by Gasteiger charge is 2.31. The monoisotopic (exact) mass is 444 g/mol. The molecule has 0 bridgehead atoms. The van der Waals surface area contributed by atoms with Gasteiger partial charge in [0.15, 0.2) is 0 Å². The molecule has 0 atom stereocenters. The van der Waals surface area contributed by atoms with Gasteiger partial charge in [-0.3, -0.25) is 9.52 Å². The lowest BCUT2D eigenvalue weighted by atomic mass is 9.94. The van der Waals surface area contributed by atoms with Crippen LogP contribution in [0, 0.1) is 0 Å². The van der Waals surface area contributed by atoms with Crippen LogP contribution in [0.25, 0.3) is 0 Å². The molecule has 0 spiro atoms. The summed E-state index contributed by atoms with van der Waals surface area (Å²) in [6.45, 7) is 5.55. The average molecular weight is 444 g/mol. The fourth-order valence-electron chi connectivity index (χ4n) is 2.75. The average Bonchev–Trinajstić information content (AvgIpc) is 2.61. The van der Waals surface area contributed by atoms with Crippen molar-refractivity contribution in [3.05, 3.63) is 54.1 Å². The number of rotatable bonds is 8. The lowest BCUT2D eigenvalue weighted by molar-refractivity contribution is -0.274. The zero-order chi connectivity index (χ0) is 22.6. The Labute approximate surface area is 173 Å². The van der Waals surface area contributed by atoms with Crippen LogP contribution in [0.2, 0.25) is 0 Å². The van der Waals surface area contributed by atoms with Crippen LogP contribution < -0.4 is 14.8 Å². The van der Waals surface area contributed by atoms with Crippen LogP contribution in [0.5, 0.6) is 5.75 Å². The van der Waals surface area contributed by atoms with Gasteiger partial charge in [0.25, 0.3) is 10.0 Å². The molecule has 2 aromatic rings. The summed E-state index contributed by atoms with van der Waals surface area (Å²) >= 11 is 0. The van der Waals surface area contributed by atoms with Gasteiger partial charge in [-0.05, 0) is 62.2 Å². The van der Waals surface area contributed by atoms with Crippen molar-refractivity contribution in [3.63, 3.8) is 0 Å². The van der Waals surface area contributed by atoms with Crippen molar-refractivity contribution in [1.82, 2.24) is 5.32 Å². The smallest absolute Gasteiger partial charge is 0.406 e. The molecule has 2 N–H and O–H groups in total. The molecular formula is C20H23F3N2O4S. The topological polar surface area (TPSA) is 84.5 Å². The first-order valence-electron chi connectivity index (χ1n) is 9.08. The lowest BCUT2D eigenvalue weighted by Gasteiger charge is -2.26. The van der Waals surface area contributed by atoms with Crippen LogP contribution in [0.3, 0.4) is 0 Å². The van der Waals surface area contributed by atoms with Crippen molar-refractivity contribution in [3.8, 4) is 5.75 Å². The molecule has 1 amide bonds. The molecule has 0 aliphatic rings. The molecule has 6 nitrogen and oxygen atoms in total. The predicted molar refractivity (Wildman–Crippen MR) is 107 cm³/mol. The van der Waals surface area contributed by atoms with E-state index in [2.05, 4.69) is 14.8 Å². The van der Waals surface area contributed by atoms with Crippen LogP contribution in [-0.4, -0.2) is 26.2 Å². The minimum absolute atomic E-state index is 0.0592. The number of hydrogen-bond donors (Lipinski definition) is 2. The molecule has 0 unspecified atom stereocenters. The van der Waals surface area contributed by atoms with Crippen molar-refractivity contribution < 1.29 is 31.1 Å². The Morgan fingerprint density at radius 1 is 1.00 bits per heavy atom. The van der Waals surface area contributed by atoms with Crippen LogP contribution in [-0.2, 0) is 21.2 Å². The Kier molecular flexibility index (Phi) is 7.02. The maximum Gasteiger partial charge on any atom is 0.573 e. The molecule has 0 saturated carbocycles. The highest BCUT2D eigenvalue weighted by molar-refractivity contribution is 7.92. The molecule has 0 saturated heterocycles. The molecule has 2 rings (SSSR count). The summed E-state index contributed by atoms with van der Waals surface area (Å²) < 4.78 is 67.6. The highest BCUT2D eigenvalue weighted by Crippen LogP contribution is 2.25. The summed E-state index contributed by atoms with van der Waals surface area (Å²) in [7, 11) is -3.98. The van der Waals surface area contributed by atoms with Crippen molar-refractivity contribution in [2.45, 2.75) is 50.4 Å². The Bertz CT molecular complexity index is 971. The van der Waals surface area contributed by atoms with Gasteiger partial charge in [0.1, 0.15) is 5.75 Å². The number of amides is 1. The van der Waals surface area contributed by atoms with E-state index in [1.165, 1.54) is 0 Å². The van der Waals surface area contributed by atoms with E-state index in [0.717, 1.165) is 29.8 Å². The maximum atomic E-state index is 12.4. The standard InChI is InChI=1S/C20H23F3N2O4S/c1-4-18(26)24-19(2,3)13-14-5-7-15(8-6-14)25-30(27,28)17-11-9-16(10-12-17)29-20(21,22)23/h5-12,25H,4,13H2,1-3H3,(H,24,26). The van der Waals surface area contributed by atoms with E-state index in [9.17, 15) is 26.4 Å². The fourth-order valence-corrected chi connectivity index (χ4v) is 3.80. The second-order valence-corrected chi connectivity index (χ2v) is 8.97. The van der Waals surface area contributed by atoms with E-state index >= 15 is 0 Å².